The molecule has 5 heteroatoms. The van der Waals surface area contributed by atoms with Crippen LogP contribution >= 0.6 is 0 Å². The summed E-state index contributed by atoms with van der Waals surface area (Å²) in [6, 6.07) is 1.92. The van der Waals surface area contributed by atoms with Gasteiger partial charge in [-0.2, -0.15) is 0 Å². The second kappa shape index (κ2) is 5.14. The summed E-state index contributed by atoms with van der Waals surface area (Å²) in [4.78, 5) is 0. The second-order valence-electron chi connectivity index (χ2n) is 4.14. The van der Waals surface area contributed by atoms with Gasteiger partial charge in [0.1, 0.15) is 6.54 Å². The van der Waals surface area contributed by atoms with Crippen molar-refractivity contribution in [3.8, 4) is 0 Å². The molecule has 0 aromatic carbocycles. The van der Waals surface area contributed by atoms with Gasteiger partial charge in [0.05, 0.1) is 6.10 Å². The second-order valence-corrected chi connectivity index (χ2v) is 4.14. The summed E-state index contributed by atoms with van der Waals surface area (Å²) in [6.07, 6.45) is 5.19. The standard InChI is InChI=1S/C12H17N3O2/c1-3-4-11(16)10-5-6-15(7-10)8-12-14-13-9(2)17-12/h5-7,11,16H,3-4,8H2,1-2H3. The fourth-order valence-electron chi connectivity index (χ4n) is 1.75. The van der Waals surface area contributed by atoms with Crippen molar-refractivity contribution >= 4 is 0 Å². The van der Waals surface area contributed by atoms with E-state index in [1.165, 1.54) is 0 Å². The van der Waals surface area contributed by atoms with Crippen molar-refractivity contribution < 1.29 is 9.52 Å². The molecule has 0 radical (unpaired) electrons. The van der Waals surface area contributed by atoms with E-state index in [0.29, 0.717) is 18.3 Å². The number of nitrogens with zero attached hydrogens (tertiary/aromatic N) is 3. The monoisotopic (exact) mass is 235 g/mol. The zero-order valence-electron chi connectivity index (χ0n) is 10.1. The van der Waals surface area contributed by atoms with E-state index in [-0.39, 0.29) is 6.10 Å². The number of aryl methyl sites for hydroxylation is 1. The van der Waals surface area contributed by atoms with Gasteiger partial charge in [0.2, 0.25) is 11.8 Å². The first-order valence-corrected chi connectivity index (χ1v) is 5.81. The molecule has 0 saturated carbocycles. The smallest absolute Gasteiger partial charge is 0.236 e. The van der Waals surface area contributed by atoms with E-state index in [1.54, 1.807) is 6.92 Å². The Morgan fingerprint density at radius 3 is 2.94 bits per heavy atom. The molecular weight excluding hydrogens is 218 g/mol. The van der Waals surface area contributed by atoms with Crippen LogP contribution in [0.5, 0.6) is 0 Å². The van der Waals surface area contributed by atoms with Gasteiger partial charge in [-0.15, -0.1) is 10.2 Å². The maximum Gasteiger partial charge on any atom is 0.236 e. The van der Waals surface area contributed by atoms with Crippen molar-refractivity contribution in [2.24, 2.45) is 0 Å². The summed E-state index contributed by atoms with van der Waals surface area (Å²) in [5.74, 6) is 1.15. The van der Waals surface area contributed by atoms with Crippen LogP contribution in [-0.2, 0) is 6.54 Å². The number of aliphatic hydroxyl groups is 1. The minimum atomic E-state index is -0.384. The van der Waals surface area contributed by atoms with Crippen LogP contribution in [0.25, 0.3) is 0 Å². The van der Waals surface area contributed by atoms with Gasteiger partial charge >= 0.3 is 0 Å². The highest BCUT2D eigenvalue weighted by Gasteiger charge is 2.09. The zero-order chi connectivity index (χ0) is 12.3. The third-order valence-electron chi connectivity index (χ3n) is 2.61. The molecule has 0 saturated heterocycles. The fraction of sp³-hybridized carbons (Fsp3) is 0.500. The number of hydrogen-bond acceptors (Lipinski definition) is 4. The van der Waals surface area contributed by atoms with Gasteiger partial charge in [0.15, 0.2) is 0 Å². The Balaban J connectivity index is 2.03. The maximum atomic E-state index is 9.84. The Labute approximate surface area is 100 Å². The zero-order valence-corrected chi connectivity index (χ0v) is 10.1. The molecule has 0 amide bonds. The van der Waals surface area contributed by atoms with Gasteiger partial charge in [0, 0.05) is 19.3 Å². The molecule has 5 nitrogen and oxygen atoms in total. The van der Waals surface area contributed by atoms with E-state index < -0.39 is 0 Å². The van der Waals surface area contributed by atoms with E-state index >= 15 is 0 Å². The number of aliphatic hydroxyl groups excluding tert-OH is 1. The molecule has 1 N–H and O–H groups in total. The molecule has 0 fully saturated rings. The van der Waals surface area contributed by atoms with Crippen LogP contribution in [0.3, 0.4) is 0 Å². The van der Waals surface area contributed by atoms with Crippen LogP contribution in [0.4, 0.5) is 0 Å². The summed E-state index contributed by atoms with van der Waals surface area (Å²) < 4.78 is 7.23. The molecular formula is C12H17N3O2. The van der Waals surface area contributed by atoms with Gasteiger partial charge in [0.25, 0.3) is 0 Å². The molecule has 92 valence electrons. The van der Waals surface area contributed by atoms with E-state index in [4.69, 9.17) is 4.42 Å². The molecule has 1 atom stereocenters. The van der Waals surface area contributed by atoms with E-state index in [0.717, 1.165) is 18.4 Å². The molecule has 0 aliphatic carbocycles. The normalized spacial score (nSPS) is 12.9. The molecule has 2 rings (SSSR count). The van der Waals surface area contributed by atoms with Crippen LogP contribution in [0, 0.1) is 6.92 Å². The van der Waals surface area contributed by atoms with Crippen molar-refractivity contribution in [1.29, 1.82) is 0 Å². The molecule has 0 aliphatic rings. The average Bonchev–Trinajstić information content (AvgIpc) is 2.89. The van der Waals surface area contributed by atoms with Crippen LogP contribution in [0.1, 0.15) is 43.2 Å². The summed E-state index contributed by atoms with van der Waals surface area (Å²) in [6.45, 7) is 4.36. The lowest BCUT2D eigenvalue weighted by atomic mass is 10.1. The SMILES string of the molecule is CCCC(O)c1ccn(Cc2nnc(C)o2)c1. The molecule has 1 unspecified atom stereocenters. The average molecular weight is 235 g/mol. The van der Waals surface area contributed by atoms with Gasteiger partial charge in [-0.25, -0.2) is 0 Å². The highest BCUT2D eigenvalue weighted by atomic mass is 16.4. The van der Waals surface area contributed by atoms with Gasteiger partial charge in [-0.1, -0.05) is 13.3 Å². The predicted octanol–water partition coefficient (Wildman–Crippen LogP) is 2.06. The predicted molar refractivity (Wildman–Crippen MR) is 62.4 cm³/mol. The van der Waals surface area contributed by atoms with Crippen molar-refractivity contribution in [2.75, 3.05) is 0 Å². The Kier molecular flexibility index (Phi) is 3.58. The summed E-state index contributed by atoms with van der Waals surface area (Å²) in [5.41, 5.74) is 0.933. The van der Waals surface area contributed by atoms with Crippen molar-refractivity contribution in [2.45, 2.75) is 39.3 Å². The van der Waals surface area contributed by atoms with E-state index in [9.17, 15) is 5.11 Å². The first-order chi connectivity index (χ1) is 8.19. The molecule has 2 aromatic heterocycles. The number of rotatable bonds is 5. The lowest BCUT2D eigenvalue weighted by Crippen LogP contribution is -1.98. The summed E-state index contributed by atoms with van der Waals surface area (Å²) in [7, 11) is 0. The largest absolute Gasteiger partial charge is 0.424 e. The van der Waals surface area contributed by atoms with Crippen molar-refractivity contribution in [3.05, 3.63) is 35.8 Å². The van der Waals surface area contributed by atoms with Gasteiger partial charge in [-0.3, -0.25) is 0 Å². The Morgan fingerprint density at radius 1 is 1.47 bits per heavy atom. The third-order valence-corrected chi connectivity index (χ3v) is 2.61. The van der Waals surface area contributed by atoms with Gasteiger partial charge < -0.3 is 14.1 Å². The summed E-state index contributed by atoms with van der Waals surface area (Å²) >= 11 is 0. The van der Waals surface area contributed by atoms with Gasteiger partial charge in [-0.05, 0) is 18.1 Å². The Morgan fingerprint density at radius 2 is 2.29 bits per heavy atom. The Bertz CT molecular complexity index is 476. The lowest BCUT2D eigenvalue weighted by Gasteiger charge is -2.05. The van der Waals surface area contributed by atoms with Crippen molar-refractivity contribution in [1.82, 2.24) is 14.8 Å². The minimum absolute atomic E-state index is 0.384. The quantitative estimate of drug-likeness (QED) is 0.861. The highest BCUT2D eigenvalue weighted by molar-refractivity contribution is 5.13. The topological polar surface area (TPSA) is 64.1 Å². The molecule has 0 aliphatic heterocycles. The number of aromatic nitrogens is 3. The molecule has 2 heterocycles. The Hall–Kier alpha value is -1.62. The van der Waals surface area contributed by atoms with E-state index in [1.807, 2.05) is 23.0 Å². The maximum absolute atomic E-state index is 9.84. The van der Waals surface area contributed by atoms with Crippen LogP contribution < -0.4 is 0 Å². The molecule has 0 spiro atoms. The third kappa shape index (κ3) is 2.94. The fourth-order valence-corrected chi connectivity index (χ4v) is 1.75. The minimum Gasteiger partial charge on any atom is -0.424 e. The molecule has 0 bridgehead atoms. The van der Waals surface area contributed by atoms with E-state index in [2.05, 4.69) is 17.1 Å². The van der Waals surface area contributed by atoms with Crippen LogP contribution in [-0.4, -0.2) is 19.9 Å². The number of hydrogen-bond donors (Lipinski definition) is 1. The molecule has 2 aromatic rings. The van der Waals surface area contributed by atoms with Crippen molar-refractivity contribution in [3.63, 3.8) is 0 Å². The molecule has 17 heavy (non-hydrogen) atoms. The van der Waals surface area contributed by atoms with Crippen LogP contribution in [0.15, 0.2) is 22.9 Å². The van der Waals surface area contributed by atoms with Crippen LogP contribution in [0.2, 0.25) is 0 Å². The highest BCUT2D eigenvalue weighted by Crippen LogP contribution is 2.18. The summed E-state index contributed by atoms with van der Waals surface area (Å²) in [5, 5.41) is 17.5. The lowest BCUT2D eigenvalue weighted by molar-refractivity contribution is 0.166. The first-order valence-electron chi connectivity index (χ1n) is 5.81. The first kappa shape index (κ1) is 11.9.